The summed E-state index contributed by atoms with van der Waals surface area (Å²) in [7, 11) is 0. The Bertz CT molecular complexity index is 272. The summed E-state index contributed by atoms with van der Waals surface area (Å²) in [5, 5.41) is 3.39. The van der Waals surface area contributed by atoms with Gasteiger partial charge in [0.25, 0.3) is 0 Å². The summed E-state index contributed by atoms with van der Waals surface area (Å²) in [5.74, 6) is 1.53. The monoisotopic (exact) mass is 179 g/mol. The molecule has 0 aliphatic carbocycles. The predicted octanol–water partition coefficient (Wildman–Crippen LogP) is 1.80. The third kappa shape index (κ3) is 1.37. The average Bonchev–Trinajstić information content (AvgIpc) is 2.17. The van der Waals surface area contributed by atoms with Crippen LogP contribution in [-0.4, -0.2) is 12.3 Å². The molecule has 2 rings (SSSR count). The van der Waals surface area contributed by atoms with Crippen LogP contribution in [0.2, 0.25) is 0 Å². The van der Waals surface area contributed by atoms with Gasteiger partial charge in [0.15, 0.2) is 0 Å². The Morgan fingerprint density at radius 3 is 3.08 bits per heavy atom. The van der Waals surface area contributed by atoms with Crippen LogP contribution >= 0.6 is 12.6 Å². The zero-order valence-electron chi connectivity index (χ0n) is 6.96. The minimum Gasteiger partial charge on any atom is -0.312 e. The molecule has 1 aromatic carbocycles. The normalized spacial score (nSPS) is 21.9. The SMILES string of the molecule is SCC1CNCc2ccccc21. The lowest BCUT2D eigenvalue weighted by molar-refractivity contribution is 0.577. The van der Waals surface area contributed by atoms with Crippen LogP contribution in [0, 0.1) is 0 Å². The van der Waals surface area contributed by atoms with E-state index in [9.17, 15) is 0 Å². The highest BCUT2D eigenvalue weighted by molar-refractivity contribution is 7.80. The van der Waals surface area contributed by atoms with Crippen molar-refractivity contribution in [2.75, 3.05) is 12.3 Å². The van der Waals surface area contributed by atoms with Crippen molar-refractivity contribution < 1.29 is 0 Å². The molecule has 1 N–H and O–H groups in total. The standard InChI is InChI=1S/C10H13NS/c12-7-9-6-11-5-8-3-1-2-4-10(8)9/h1-4,9,11-12H,5-7H2. The minimum atomic E-state index is 0.596. The molecule has 12 heavy (non-hydrogen) atoms. The second-order valence-corrected chi connectivity index (χ2v) is 3.57. The second kappa shape index (κ2) is 3.50. The first-order valence-electron chi connectivity index (χ1n) is 4.31. The Labute approximate surface area is 78.6 Å². The number of thiol groups is 1. The molecule has 1 heterocycles. The number of hydrogen-bond acceptors (Lipinski definition) is 2. The first-order chi connectivity index (χ1) is 5.92. The molecule has 0 fully saturated rings. The molecular formula is C10H13NS. The van der Waals surface area contributed by atoms with Crippen LogP contribution in [0.1, 0.15) is 17.0 Å². The highest BCUT2D eigenvalue weighted by atomic mass is 32.1. The van der Waals surface area contributed by atoms with E-state index in [-0.39, 0.29) is 0 Å². The van der Waals surface area contributed by atoms with Crippen molar-refractivity contribution in [2.24, 2.45) is 0 Å². The van der Waals surface area contributed by atoms with Crippen molar-refractivity contribution in [3.05, 3.63) is 35.4 Å². The van der Waals surface area contributed by atoms with E-state index in [1.807, 2.05) is 0 Å². The molecule has 1 aromatic rings. The van der Waals surface area contributed by atoms with Crippen LogP contribution in [0.4, 0.5) is 0 Å². The number of nitrogens with one attached hydrogen (secondary N) is 1. The second-order valence-electron chi connectivity index (χ2n) is 3.21. The van der Waals surface area contributed by atoms with E-state index >= 15 is 0 Å². The van der Waals surface area contributed by atoms with Crippen LogP contribution in [0.15, 0.2) is 24.3 Å². The van der Waals surface area contributed by atoms with E-state index in [4.69, 9.17) is 0 Å². The predicted molar refractivity (Wildman–Crippen MR) is 54.7 cm³/mol. The molecule has 1 nitrogen and oxygen atoms in total. The van der Waals surface area contributed by atoms with Crippen LogP contribution < -0.4 is 5.32 Å². The van der Waals surface area contributed by atoms with E-state index in [0.717, 1.165) is 18.8 Å². The maximum atomic E-state index is 4.35. The van der Waals surface area contributed by atoms with E-state index in [2.05, 4.69) is 42.2 Å². The minimum absolute atomic E-state index is 0.596. The van der Waals surface area contributed by atoms with Gasteiger partial charge in [0, 0.05) is 19.0 Å². The van der Waals surface area contributed by atoms with Gasteiger partial charge < -0.3 is 5.32 Å². The van der Waals surface area contributed by atoms with E-state index in [1.165, 1.54) is 11.1 Å². The average molecular weight is 179 g/mol. The fourth-order valence-electron chi connectivity index (χ4n) is 1.75. The lowest BCUT2D eigenvalue weighted by atomic mass is 9.92. The van der Waals surface area contributed by atoms with Gasteiger partial charge in [0.1, 0.15) is 0 Å². The van der Waals surface area contributed by atoms with Gasteiger partial charge in [0.05, 0.1) is 0 Å². The van der Waals surface area contributed by atoms with Crippen molar-refractivity contribution in [1.29, 1.82) is 0 Å². The van der Waals surface area contributed by atoms with Crippen LogP contribution in [0.3, 0.4) is 0 Å². The Hall–Kier alpha value is -0.470. The molecule has 2 heteroatoms. The first kappa shape index (κ1) is 8.14. The van der Waals surface area contributed by atoms with Gasteiger partial charge in [-0.3, -0.25) is 0 Å². The Kier molecular flexibility index (Phi) is 2.38. The van der Waals surface area contributed by atoms with Gasteiger partial charge in [0.2, 0.25) is 0 Å². The van der Waals surface area contributed by atoms with Crippen molar-refractivity contribution in [2.45, 2.75) is 12.5 Å². The molecule has 0 radical (unpaired) electrons. The molecular weight excluding hydrogens is 166 g/mol. The van der Waals surface area contributed by atoms with E-state index in [1.54, 1.807) is 0 Å². The maximum Gasteiger partial charge on any atom is 0.0208 e. The van der Waals surface area contributed by atoms with Crippen LogP contribution in [0.5, 0.6) is 0 Å². The summed E-state index contributed by atoms with van der Waals surface area (Å²) >= 11 is 4.35. The summed E-state index contributed by atoms with van der Waals surface area (Å²) in [6.45, 7) is 2.08. The summed E-state index contributed by atoms with van der Waals surface area (Å²) < 4.78 is 0. The molecule has 1 aliphatic rings. The van der Waals surface area contributed by atoms with Gasteiger partial charge >= 0.3 is 0 Å². The maximum absolute atomic E-state index is 4.35. The number of benzene rings is 1. The van der Waals surface area contributed by atoms with Gasteiger partial charge in [-0.25, -0.2) is 0 Å². The van der Waals surface area contributed by atoms with Crippen molar-refractivity contribution in [3.63, 3.8) is 0 Å². The zero-order chi connectivity index (χ0) is 8.39. The van der Waals surface area contributed by atoms with Crippen molar-refractivity contribution in [3.8, 4) is 0 Å². The molecule has 0 spiro atoms. The highest BCUT2D eigenvalue weighted by Crippen LogP contribution is 2.24. The summed E-state index contributed by atoms with van der Waals surface area (Å²) in [6.07, 6.45) is 0. The third-order valence-electron chi connectivity index (χ3n) is 2.42. The molecule has 64 valence electrons. The lowest BCUT2D eigenvalue weighted by Gasteiger charge is -2.24. The highest BCUT2D eigenvalue weighted by Gasteiger charge is 2.17. The Balaban J connectivity index is 2.37. The van der Waals surface area contributed by atoms with Gasteiger partial charge in [-0.2, -0.15) is 12.6 Å². The zero-order valence-corrected chi connectivity index (χ0v) is 7.85. The number of rotatable bonds is 1. The molecule has 0 aromatic heterocycles. The molecule has 1 aliphatic heterocycles. The van der Waals surface area contributed by atoms with Crippen LogP contribution in [0.25, 0.3) is 0 Å². The largest absolute Gasteiger partial charge is 0.312 e. The van der Waals surface area contributed by atoms with Crippen molar-refractivity contribution in [1.82, 2.24) is 5.32 Å². The topological polar surface area (TPSA) is 12.0 Å². The smallest absolute Gasteiger partial charge is 0.0208 e. The van der Waals surface area contributed by atoms with Gasteiger partial charge in [-0.1, -0.05) is 24.3 Å². The van der Waals surface area contributed by atoms with Gasteiger partial charge in [-0.15, -0.1) is 0 Å². The molecule has 0 amide bonds. The quantitative estimate of drug-likeness (QED) is 0.626. The summed E-state index contributed by atoms with van der Waals surface area (Å²) in [5.41, 5.74) is 2.91. The van der Waals surface area contributed by atoms with E-state index < -0.39 is 0 Å². The van der Waals surface area contributed by atoms with Gasteiger partial charge in [-0.05, 0) is 16.9 Å². The first-order valence-corrected chi connectivity index (χ1v) is 4.94. The molecule has 1 atom stereocenters. The molecule has 0 saturated carbocycles. The Morgan fingerprint density at radius 1 is 1.42 bits per heavy atom. The summed E-state index contributed by atoms with van der Waals surface area (Å²) in [6, 6.07) is 8.62. The fraction of sp³-hybridized carbons (Fsp3) is 0.400. The Morgan fingerprint density at radius 2 is 2.25 bits per heavy atom. The molecule has 0 saturated heterocycles. The molecule has 1 unspecified atom stereocenters. The third-order valence-corrected chi connectivity index (χ3v) is 2.86. The summed E-state index contributed by atoms with van der Waals surface area (Å²) in [4.78, 5) is 0. The van der Waals surface area contributed by atoms with Crippen molar-refractivity contribution >= 4 is 12.6 Å². The molecule has 0 bridgehead atoms. The lowest BCUT2D eigenvalue weighted by Crippen LogP contribution is -2.28. The van der Waals surface area contributed by atoms with Crippen LogP contribution in [-0.2, 0) is 6.54 Å². The number of hydrogen-bond donors (Lipinski definition) is 2. The number of fused-ring (bicyclic) bond motifs is 1. The van der Waals surface area contributed by atoms with E-state index in [0.29, 0.717) is 5.92 Å². The fourth-order valence-corrected chi connectivity index (χ4v) is 2.07.